The van der Waals surface area contributed by atoms with Gasteiger partial charge in [0.15, 0.2) is 0 Å². The zero-order valence-corrected chi connectivity index (χ0v) is 16.0. The Morgan fingerprint density at radius 2 is 1.96 bits per heavy atom. The van der Waals surface area contributed by atoms with Gasteiger partial charge < -0.3 is 10.1 Å². The minimum Gasteiger partial charge on any atom is -0.381 e. The monoisotopic (exact) mass is 398 g/mol. The zero-order chi connectivity index (χ0) is 19.6. The molecule has 4 rings (SSSR count). The van der Waals surface area contributed by atoms with Gasteiger partial charge in [-0.1, -0.05) is 23.7 Å². The molecule has 0 unspecified atom stereocenters. The van der Waals surface area contributed by atoms with Crippen LogP contribution in [-0.2, 0) is 10.2 Å². The van der Waals surface area contributed by atoms with Crippen molar-refractivity contribution in [2.24, 2.45) is 0 Å². The molecule has 0 aliphatic carbocycles. The van der Waals surface area contributed by atoms with Gasteiger partial charge in [0.1, 0.15) is 11.0 Å². The standard InChI is InChI=1S/C22H20ClFN2O2/c23-20-7-5-15-12-16(4-6-19(15)26-20)21(27)25-14-22(8-10-28-11-9-22)17-2-1-3-18(24)13-17/h1-7,12-13H,8-11,14H2,(H,25,27). The number of nitrogens with zero attached hydrogens (tertiary/aromatic N) is 1. The molecule has 1 aromatic heterocycles. The topological polar surface area (TPSA) is 51.2 Å². The number of amides is 1. The van der Waals surface area contributed by atoms with Crippen LogP contribution in [0.1, 0.15) is 28.8 Å². The lowest BCUT2D eigenvalue weighted by molar-refractivity contribution is 0.0486. The van der Waals surface area contributed by atoms with E-state index in [1.165, 1.54) is 6.07 Å². The molecule has 1 amide bonds. The molecule has 1 aliphatic heterocycles. The Morgan fingerprint density at radius 3 is 2.75 bits per heavy atom. The van der Waals surface area contributed by atoms with E-state index in [0.29, 0.717) is 30.5 Å². The highest BCUT2D eigenvalue weighted by molar-refractivity contribution is 6.29. The molecular formula is C22H20ClFN2O2. The number of carbonyl (C=O) groups excluding carboxylic acids is 1. The van der Waals surface area contributed by atoms with Crippen LogP contribution in [0.15, 0.2) is 54.6 Å². The fourth-order valence-corrected chi connectivity index (χ4v) is 3.90. The van der Waals surface area contributed by atoms with Gasteiger partial charge in [-0.3, -0.25) is 4.79 Å². The van der Waals surface area contributed by atoms with Crippen molar-refractivity contribution in [2.45, 2.75) is 18.3 Å². The Bertz CT molecular complexity index is 1020. The third-order valence-electron chi connectivity index (χ3n) is 5.39. The SMILES string of the molecule is O=C(NCC1(c2cccc(F)c2)CCOCC1)c1ccc2nc(Cl)ccc2c1. The Labute approximate surface area is 167 Å². The Balaban J connectivity index is 1.55. The van der Waals surface area contributed by atoms with Crippen molar-refractivity contribution in [3.8, 4) is 0 Å². The summed E-state index contributed by atoms with van der Waals surface area (Å²) in [4.78, 5) is 17.0. The largest absolute Gasteiger partial charge is 0.381 e. The molecule has 3 aromatic rings. The van der Waals surface area contributed by atoms with Gasteiger partial charge in [-0.2, -0.15) is 0 Å². The molecule has 144 valence electrons. The normalized spacial score (nSPS) is 16.1. The number of aromatic nitrogens is 1. The predicted octanol–water partition coefficient (Wildman–Crippen LogP) is 4.51. The summed E-state index contributed by atoms with van der Waals surface area (Å²) in [5, 5.41) is 4.31. The summed E-state index contributed by atoms with van der Waals surface area (Å²) in [6, 6.07) is 15.5. The maximum Gasteiger partial charge on any atom is 0.251 e. The first-order chi connectivity index (χ1) is 13.6. The molecule has 0 bridgehead atoms. The number of halogens is 2. The number of hydrogen-bond acceptors (Lipinski definition) is 3. The second kappa shape index (κ2) is 7.86. The van der Waals surface area contributed by atoms with Gasteiger partial charge in [-0.15, -0.1) is 0 Å². The molecule has 1 fully saturated rings. The lowest BCUT2D eigenvalue weighted by Crippen LogP contribution is -2.44. The van der Waals surface area contributed by atoms with Crippen LogP contribution >= 0.6 is 11.6 Å². The number of benzene rings is 2. The minimum atomic E-state index is -0.331. The van der Waals surface area contributed by atoms with Crippen LogP contribution in [0.25, 0.3) is 10.9 Å². The molecular weight excluding hydrogens is 379 g/mol. The summed E-state index contributed by atoms with van der Waals surface area (Å²) >= 11 is 5.91. The summed E-state index contributed by atoms with van der Waals surface area (Å²) in [5.41, 5.74) is 1.86. The third-order valence-corrected chi connectivity index (χ3v) is 5.60. The highest BCUT2D eigenvalue weighted by Gasteiger charge is 2.35. The highest BCUT2D eigenvalue weighted by atomic mass is 35.5. The fraction of sp³-hybridized carbons (Fsp3) is 0.273. The van der Waals surface area contributed by atoms with E-state index in [9.17, 15) is 9.18 Å². The molecule has 0 radical (unpaired) electrons. The molecule has 2 heterocycles. The molecule has 6 heteroatoms. The number of pyridine rings is 1. The van der Waals surface area contributed by atoms with Crippen LogP contribution in [0.3, 0.4) is 0 Å². The van der Waals surface area contributed by atoms with Crippen molar-refractivity contribution in [3.63, 3.8) is 0 Å². The maximum atomic E-state index is 13.8. The van der Waals surface area contributed by atoms with Crippen molar-refractivity contribution < 1.29 is 13.9 Å². The molecule has 0 saturated carbocycles. The van der Waals surface area contributed by atoms with Crippen molar-refractivity contribution in [3.05, 3.63) is 76.7 Å². The van der Waals surface area contributed by atoms with Crippen LogP contribution < -0.4 is 5.32 Å². The van der Waals surface area contributed by atoms with Gasteiger partial charge in [0.2, 0.25) is 0 Å². The average molecular weight is 399 g/mol. The molecule has 0 atom stereocenters. The van der Waals surface area contributed by atoms with Crippen molar-refractivity contribution in [2.75, 3.05) is 19.8 Å². The minimum absolute atomic E-state index is 0.167. The predicted molar refractivity (Wildman–Crippen MR) is 107 cm³/mol. The third kappa shape index (κ3) is 3.86. The van der Waals surface area contributed by atoms with E-state index in [2.05, 4.69) is 10.3 Å². The number of nitrogens with one attached hydrogen (secondary N) is 1. The molecule has 1 saturated heterocycles. The van der Waals surface area contributed by atoms with Gasteiger partial charge >= 0.3 is 0 Å². The van der Waals surface area contributed by atoms with Gasteiger partial charge in [-0.25, -0.2) is 9.37 Å². The summed E-state index contributed by atoms with van der Waals surface area (Å²) < 4.78 is 19.3. The lowest BCUT2D eigenvalue weighted by atomic mass is 9.74. The van der Waals surface area contributed by atoms with Crippen LogP contribution in [0.5, 0.6) is 0 Å². The number of carbonyl (C=O) groups is 1. The first-order valence-electron chi connectivity index (χ1n) is 9.24. The first kappa shape index (κ1) is 18.8. The molecule has 2 aromatic carbocycles. The Hall–Kier alpha value is -2.50. The van der Waals surface area contributed by atoms with E-state index in [1.807, 2.05) is 12.1 Å². The number of ether oxygens (including phenoxy) is 1. The van der Waals surface area contributed by atoms with E-state index in [1.54, 1.807) is 36.4 Å². The quantitative estimate of drug-likeness (QED) is 0.658. The number of hydrogen-bond donors (Lipinski definition) is 1. The molecule has 28 heavy (non-hydrogen) atoms. The van der Waals surface area contributed by atoms with Gasteiger partial charge in [0.05, 0.1) is 5.52 Å². The summed E-state index contributed by atoms with van der Waals surface area (Å²) in [6.45, 7) is 1.61. The van der Waals surface area contributed by atoms with E-state index >= 15 is 0 Å². The lowest BCUT2D eigenvalue weighted by Gasteiger charge is -2.38. The van der Waals surface area contributed by atoms with E-state index in [0.717, 1.165) is 29.3 Å². The van der Waals surface area contributed by atoms with Gasteiger partial charge in [0.25, 0.3) is 5.91 Å². The summed E-state index contributed by atoms with van der Waals surface area (Å²) in [7, 11) is 0. The van der Waals surface area contributed by atoms with Crippen molar-refractivity contribution in [1.29, 1.82) is 0 Å². The maximum absolute atomic E-state index is 13.8. The van der Waals surface area contributed by atoms with E-state index in [-0.39, 0.29) is 17.1 Å². The van der Waals surface area contributed by atoms with Crippen LogP contribution in [0.4, 0.5) is 4.39 Å². The second-order valence-electron chi connectivity index (χ2n) is 7.13. The van der Waals surface area contributed by atoms with Gasteiger partial charge in [0, 0.05) is 36.1 Å². The summed E-state index contributed by atoms with van der Waals surface area (Å²) in [5.74, 6) is -0.436. The van der Waals surface area contributed by atoms with Gasteiger partial charge in [-0.05, 0) is 60.9 Å². The number of rotatable bonds is 4. The molecule has 1 N–H and O–H groups in total. The zero-order valence-electron chi connectivity index (χ0n) is 15.3. The van der Waals surface area contributed by atoms with Crippen LogP contribution in [0, 0.1) is 5.82 Å². The summed E-state index contributed by atoms with van der Waals surface area (Å²) in [6.07, 6.45) is 1.47. The number of fused-ring (bicyclic) bond motifs is 1. The average Bonchev–Trinajstić information content (AvgIpc) is 2.72. The van der Waals surface area contributed by atoms with E-state index in [4.69, 9.17) is 16.3 Å². The first-order valence-corrected chi connectivity index (χ1v) is 9.62. The Kier molecular flexibility index (Phi) is 5.29. The fourth-order valence-electron chi connectivity index (χ4n) is 3.74. The highest BCUT2D eigenvalue weighted by Crippen LogP contribution is 2.34. The molecule has 0 spiro atoms. The second-order valence-corrected chi connectivity index (χ2v) is 7.51. The molecule has 4 nitrogen and oxygen atoms in total. The van der Waals surface area contributed by atoms with E-state index < -0.39 is 0 Å². The van der Waals surface area contributed by atoms with Crippen LogP contribution in [0.2, 0.25) is 5.15 Å². The smallest absolute Gasteiger partial charge is 0.251 e. The van der Waals surface area contributed by atoms with Crippen molar-refractivity contribution in [1.82, 2.24) is 10.3 Å². The van der Waals surface area contributed by atoms with Crippen molar-refractivity contribution >= 4 is 28.4 Å². The molecule has 1 aliphatic rings. The van der Waals surface area contributed by atoms with Crippen LogP contribution in [-0.4, -0.2) is 30.6 Å². The Morgan fingerprint density at radius 1 is 1.14 bits per heavy atom.